The van der Waals surface area contributed by atoms with Crippen LogP contribution in [0.25, 0.3) is 0 Å². The molecule has 1 fully saturated rings. The smallest absolute Gasteiger partial charge is 0.336 e. The predicted molar refractivity (Wildman–Crippen MR) is 54.1 cm³/mol. The van der Waals surface area contributed by atoms with Crippen molar-refractivity contribution in [2.45, 2.75) is 38.2 Å². The molecule has 14 heavy (non-hydrogen) atoms. The lowest BCUT2D eigenvalue weighted by atomic mass is 9.76. The fraction of sp³-hybridized carbons (Fsp3) is 0.727. The van der Waals surface area contributed by atoms with Gasteiger partial charge in [-0.25, -0.2) is 4.79 Å². The maximum atomic E-state index is 11.2. The van der Waals surface area contributed by atoms with Crippen molar-refractivity contribution in [1.82, 2.24) is 0 Å². The average molecular weight is 198 g/mol. The highest BCUT2D eigenvalue weighted by Crippen LogP contribution is 2.36. The normalized spacial score (nSPS) is 32.5. The molecule has 0 aromatic carbocycles. The van der Waals surface area contributed by atoms with Crippen LogP contribution in [0.4, 0.5) is 0 Å². The van der Waals surface area contributed by atoms with Crippen LogP contribution in [0, 0.1) is 5.92 Å². The van der Waals surface area contributed by atoms with E-state index in [1.54, 1.807) is 6.08 Å². The summed E-state index contributed by atoms with van der Waals surface area (Å²) in [5.74, 6) is -0.736. The van der Waals surface area contributed by atoms with Gasteiger partial charge in [-0.05, 0) is 25.2 Å². The molecule has 0 bridgehead atoms. The van der Waals surface area contributed by atoms with Gasteiger partial charge in [0.25, 0.3) is 0 Å². The zero-order valence-corrected chi connectivity index (χ0v) is 8.66. The molecule has 0 aromatic rings. The Morgan fingerprint density at radius 3 is 2.93 bits per heavy atom. The molecule has 80 valence electrons. The molecule has 2 atom stereocenters. The minimum atomic E-state index is -0.966. The highest BCUT2D eigenvalue weighted by Gasteiger charge is 2.45. The average Bonchev–Trinajstić information content (AvgIpc) is 2.16. The maximum Gasteiger partial charge on any atom is 0.336 e. The number of rotatable bonds is 4. The van der Waals surface area contributed by atoms with E-state index < -0.39 is 11.6 Å². The Kier molecular flexibility index (Phi) is 3.69. The third-order valence-corrected chi connectivity index (χ3v) is 3.05. The number of aliphatic carboxylic acids is 1. The Bertz CT molecular complexity index is 225. The molecular weight excluding hydrogens is 180 g/mol. The van der Waals surface area contributed by atoms with E-state index in [1.165, 1.54) is 0 Å². The lowest BCUT2D eigenvalue weighted by molar-refractivity contribution is -0.177. The molecule has 1 aliphatic carbocycles. The van der Waals surface area contributed by atoms with Crippen LogP contribution in [0.3, 0.4) is 0 Å². The molecule has 2 unspecified atom stereocenters. The van der Waals surface area contributed by atoms with Crippen molar-refractivity contribution in [3.05, 3.63) is 12.7 Å². The Balaban J connectivity index is 2.77. The molecule has 1 aliphatic rings. The van der Waals surface area contributed by atoms with Gasteiger partial charge >= 0.3 is 5.97 Å². The highest BCUT2D eigenvalue weighted by atomic mass is 16.5. The van der Waals surface area contributed by atoms with Crippen LogP contribution in [-0.4, -0.2) is 23.3 Å². The van der Waals surface area contributed by atoms with Crippen LogP contribution in [0.5, 0.6) is 0 Å². The number of carboxylic acid groups (broad SMARTS) is 1. The Hall–Kier alpha value is -0.830. The van der Waals surface area contributed by atoms with Gasteiger partial charge in [0.1, 0.15) is 0 Å². The number of carbonyl (C=O) groups is 1. The fourth-order valence-electron chi connectivity index (χ4n) is 2.12. The molecule has 0 amide bonds. The van der Waals surface area contributed by atoms with E-state index in [9.17, 15) is 9.90 Å². The van der Waals surface area contributed by atoms with Crippen LogP contribution in [0.2, 0.25) is 0 Å². The summed E-state index contributed by atoms with van der Waals surface area (Å²) in [6.07, 6.45) is 5.20. The first-order chi connectivity index (χ1) is 6.63. The van der Waals surface area contributed by atoms with E-state index in [2.05, 4.69) is 6.58 Å². The summed E-state index contributed by atoms with van der Waals surface area (Å²) in [5.41, 5.74) is -0.966. The molecule has 3 heteroatoms. The number of carboxylic acids is 1. The number of hydrogen-bond acceptors (Lipinski definition) is 2. The second-order valence-electron chi connectivity index (χ2n) is 3.94. The second-order valence-corrected chi connectivity index (χ2v) is 3.94. The summed E-state index contributed by atoms with van der Waals surface area (Å²) < 4.78 is 5.48. The molecule has 0 saturated heterocycles. The van der Waals surface area contributed by atoms with Crippen LogP contribution in [0.15, 0.2) is 12.7 Å². The van der Waals surface area contributed by atoms with Gasteiger partial charge < -0.3 is 9.84 Å². The Morgan fingerprint density at radius 2 is 2.43 bits per heavy atom. The first-order valence-electron chi connectivity index (χ1n) is 5.11. The van der Waals surface area contributed by atoms with Crippen molar-refractivity contribution < 1.29 is 14.6 Å². The molecular formula is C11H18O3. The van der Waals surface area contributed by atoms with Crippen molar-refractivity contribution in [3.8, 4) is 0 Å². The second kappa shape index (κ2) is 4.60. The zero-order chi connectivity index (χ0) is 10.6. The maximum absolute atomic E-state index is 11.2. The van der Waals surface area contributed by atoms with Crippen LogP contribution >= 0.6 is 0 Å². The van der Waals surface area contributed by atoms with E-state index in [-0.39, 0.29) is 5.92 Å². The summed E-state index contributed by atoms with van der Waals surface area (Å²) in [6.45, 7) is 5.81. The van der Waals surface area contributed by atoms with Gasteiger partial charge in [-0.1, -0.05) is 19.4 Å². The lowest BCUT2D eigenvalue weighted by Gasteiger charge is -2.38. The molecule has 0 radical (unpaired) electrons. The largest absolute Gasteiger partial charge is 0.479 e. The van der Waals surface area contributed by atoms with Crippen LogP contribution < -0.4 is 0 Å². The molecule has 0 aromatic heterocycles. The molecule has 1 N–H and O–H groups in total. The monoisotopic (exact) mass is 198 g/mol. The summed E-state index contributed by atoms with van der Waals surface area (Å²) in [4.78, 5) is 11.2. The van der Waals surface area contributed by atoms with E-state index in [0.717, 1.165) is 19.3 Å². The Morgan fingerprint density at radius 1 is 1.71 bits per heavy atom. The van der Waals surface area contributed by atoms with Gasteiger partial charge in [-0.2, -0.15) is 0 Å². The lowest BCUT2D eigenvalue weighted by Crippen LogP contribution is -2.49. The molecule has 3 nitrogen and oxygen atoms in total. The van der Waals surface area contributed by atoms with E-state index in [1.807, 2.05) is 6.92 Å². The van der Waals surface area contributed by atoms with Crippen LogP contribution in [0.1, 0.15) is 32.6 Å². The van der Waals surface area contributed by atoms with Crippen molar-refractivity contribution in [2.75, 3.05) is 6.61 Å². The van der Waals surface area contributed by atoms with Crippen molar-refractivity contribution in [3.63, 3.8) is 0 Å². The summed E-state index contributed by atoms with van der Waals surface area (Å²) in [5, 5.41) is 9.23. The first kappa shape index (κ1) is 11.2. The summed E-state index contributed by atoms with van der Waals surface area (Å²) in [7, 11) is 0. The Labute approximate surface area is 84.8 Å². The van der Waals surface area contributed by atoms with Crippen molar-refractivity contribution >= 4 is 5.97 Å². The van der Waals surface area contributed by atoms with Gasteiger partial charge in [0.2, 0.25) is 0 Å². The van der Waals surface area contributed by atoms with Gasteiger partial charge in [0.15, 0.2) is 5.60 Å². The minimum absolute atomic E-state index is 0.0914. The van der Waals surface area contributed by atoms with Gasteiger partial charge in [0.05, 0.1) is 6.61 Å². The third kappa shape index (κ3) is 1.98. The molecule has 0 aliphatic heterocycles. The topological polar surface area (TPSA) is 46.5 Å². The van der Waals surface area contributed by atoms with Crippen LogP contribution in [-0.2, 0) is 9.53 Å². The fourth-order valence-corrected chi connectivity index (χ4v) is 2.12. The van der Waals surface area contributed by atoms with E-state index in [0.29, 0.717) is 13.0 Å². The van der Waals surface area contributed by atoms with E-state index >= 15 is 0 Å². The summed E-state index contributed by atoms with van der Waals surface area (Å²) in [6, 6.07) is 0. The van der Waals surface area contributed by atoms with Crippen molar-refractivity contribution in [2.24, 2.45) is 5.92 Å². The van der Waals surface area contributed by atoms with Gasteiger partial charge in [-0.3, -0.25) is 0 Å². The van der Waals surface area contributed by atoms with Crippen molar-refractivity contribution in [1.29, 1.82) is 0 Å². The highest BCUT2D eigenvalue weighted by molar-refractivity contribution is 5.78. The standard InChI is InChI=1S/C11H18O3/c1-3-8-14-11(10(12)13)7-5-4-6-9(11)2/h3,9H,1,4-8H2,2H3,(H,12,13). The van der Waals surface area contributed by atoms with Gasteiger partial charge in [0, 0.05) is 0 Å². The minimum Gasteiger partial charge on any atom is -0.479 e. The first-order valence-corrected chi connectivity index (χ1v) is 5.11. The van der Waals surface area contributed by atoms with E-state index in [4.69, 9.17) is 4.74 Å². The van der Waals surface area contributed by atoms with Gasteiger partial charge in [-0.15, -0.1) is 6.58 Å². The number of ether oxygens (including phenoxy) is 1. The molecule has 1 rings (SSSR count). The SMILES string of the molecule is C=CCOC1(C(=O)O)CCCCC1C. The summed E-state index contributed by atoms with van der Waals surface area (Å²) >= 11 is 0. The predicted octanol–water partition coefficient (Wildman–Crippen LogP) is 2.22. The quantitative estimate of drug-likeness (QED) is 0.704. The molecule has 0 spiro atoms. The zero-order valence-electron chi connectivity index (χ0n) is 8.66. The molecule has 1 saturated carbocycles. The molecule has 0 heterocycles. The number of hydrogen-bond donors (Lipinski definition) is 1. The third-order valence-electron chi connectivity index (χ3n) is 3.05.